The van der Waals surface area contributed by atoms with Crippen LogP contribution in [0.5, 0.6) is 0 Å². The van der Waals surface area contributed by atoms with Crippen LogP contribution in [0.15, 0.2) is 70.1 Å². The number of nitrogens with one attached hydrogen (secondary N) is 2. The third kappa shape index (κ3) is 3.81. The van der Waals surface area contributed by atoms with Gasteiger partial charge in [-0.1, -0.05) is 30.3 Å². The van der Waals surface area contributed by atoms with Crippen molar-refractivity contribution in [3.05, 3.63) is 82.5 Å². The molecule has 1 aromatic carbocycles. The summed E-state index contributed by atoms with van der Waals surface area (Å²) in [4.78, 5) is 27.0. The van der Waals surface area contributed by atoms with E-state index in [0.717, 1.165) is 24.2 Å². The lowest BCUT2D eigenvalue weighted by Crippen LogP contribution is -2.30. The van der Waals surface area contributed by atoms with Gasteiger partial charge >= 0.3 is 0 Å². The monoisotopic (exact) mass is 322 g/mol. The summed E-state index contributed by atoms with van der Waals surface area (Å²) in [6, 6.07) is 16.5. The van der Waals surface area contributed by atoms with Crippen LogP contribution in [-0.4, -0.2) is 17.4 Å². The van der Waals surface area contributed by atoms with Gasteiger partial charge in [-0.2, -0.15) is 0 Å². The van der Waals surface area contributed by atoms with Gasteiger partial charge in [0.15, 0.2) is 0 Å². The summed E-state index contributed by atoms with van der Waals surface area (Å²) < 4.78 is 5.23. The summed E-state index contributed by atoms with van der Waals surface area (Å²) in [5.74, 6) is 0.518. The van der Waals surface area contributed by atoms with E-state index in [0.29, 0.717) is 12.2 Å². The molecule has 0 unspecified atom stereocenters. The van der Waals surface area contributed by atoms with Crippen LogP contribution >= 0.6 is 0 Å². The van der Waals surface area contributed by atoms with E-state index in [1.54, 1.807) is 18.4 Å². The zero-order chi connectivity index (χ0) is 16.8. The maximum absolute atomic E-state index is 12.1. The Kier molecular flexibility index (Phi) is 4.91. The van der Waals surface area contributed by atoms with Gasteiger partial charge in [-0.15, -0.1) is 0 Å². The van der Waals surface area contributed by atoms with E-state index < -0.39 is 0 Å². The van der Waals surface area contributed by atoms with Crippen molar-refractivity contribution >= 4 is 5.91 Å². The number of H-pyrrole nitrogens is 1. The van der Waals surface area contributed by atoms with Crippen molar-refractivity contribution in [2.24, 2.45) is 0 Å². The molecule has 3 aromatic rings. The number of pyridine rings is 1. The summed E-state index contributed by atoms with van der Waals surface area (Å²) >= 11 is 0. The van der Waals surface area contributed by atoms with Gasteiger partial charge in [0.2, 0.25) is 0 Å². The minimum absolute atomic E-state index is 0.118. The van der Waals surface area contributed by atoms with Crippen LogP contribution < -0.4 is 10.9 Å². The summed E-state index contributed by atoms with van der Waals surface area (Å²) in [6.45, 7) is 0.486. The SMILES string of the molecule is O=C(NCCCc1ccco1)c1ccc(-c2ccccc2)[nH]c1=O. The number of furan rings is 1. The van der Waals surface area contributed by atoms with E-state index in [1.165, 1.54) is 0 Å². The standard InChI is InChI=1S/C19H18N2O3/c22-18(20-12-4-8-15-9-5-13-24-15)16-10-11-17(21-19(16)23)14-6-2-1-3-7-14/h1-3,5-7,9-11,13H,4,8,12H2,(H,20,22)(H,21,23). The number of aryl methyl sites for hydroxylation is 1. The molecule has 2 N–H and O–H groups in total. The Labute approximate surface area is 139 Å². The number of aromatic nitrogens is 1. The molecular formula is C19H18N2O3. The molecule has 2 heterocycles. The molecule has 3 rings (SSSR count). The molecule has 0 radical (unpaired) electrons. The first kappa shape index (κ1) is 15.8. The maximum Gasteiger partial charge on any atom is 0.261 e. The zero-order valence-corrected chi connectivity index (χ0v) is 13.1. The van der Waals surface area contributed by atoms with Crippen LogP contribution in [0.2, 0.25) is 0 Å². The van der Waals surface area contributed by atoms with Crippen LogP contribution in [0.3, 0.4) is 0 Å². The number of hydrogen-bond donors (Lipinski definition) is 2. The van der Waals surface area contributed by atoms with Crippen molar-refractivity contribution in [1.82, 2.24) is 10.3 Å². The third-order valence-corrected chi connectivity index (χ3v) is 3.70. The molecule has 24 heavy (non-hydrogen) atoms. The second-order valence-electron chi connectivity index (χ2n) is 5.42. The van der Waals surface area contributed by atoms with E-state index in [1.807, 2.05) is 42.5 Å². The van der Waals surface area contributed by atoms with Crippen molar-refractivity contribution in [1.29, 1.82) is 0 Å². The Bertz CT molecular complexity index is 852. The second-order valence-corrected chi connectivity index (χ2v) is 5.42. The first-order valence-corrected chi connectivity index (χ1v) is 7.83. The van der Waals surface area contributed by atoms with Crippen molar-refractivity contribution in [2.75, 3.05) is 6.54 Å². The minimum Gasteiger partial charge on any atom is -0.469 e. The van der Waals surface area contributed by atoms with E-state index in [-0.39, 0.29) is 17.0 Å². The average Bonchev–Trinajstić information content (AvgIpc) is 3.12. The highest BCUT2D eigenvalue weighted by Gasteiger charge is 2.11. The van der Waals surface area contributed by atoms with Crippen molar-refractivity contribution in [3.8, 4) is 11.3 Å². The fourth-order valence-corrected chi connectivity index (χ4v) is 2.45. The molecule has 0 fully saturated rings. The number of amides is 1. The number of hydrogen-bond acceptors (Lipinski definition) is 3. The Hall–Kier alpha value is -3.08. The highest BCUT2D eigenvalue weighted by atomic mass is 16.3. The Morgan fingerprint density at radius 3 is 2.58 bits per heavy atom. The maximum atomic E-state index is 12.1. The fourth-order valence-electron chi connectivity index (χ4n) is 2.45. The largest absolute Gasteiger partial charge is 0.469 e. The highest BCUT2D eigenvalue weighted by molar-refractivity contribution is 5.94. The molecule has 0 atom stereocenters. The first-order valence-electron chi connectivity index (χ1n) is 7.83. The first-order chi connectivity index (χ1) is 11.7. The smallest absolute Gasteiger partial charge is 0.261 e. The quantitative estimate of drug-likeness (QED) is 0.685. The molecule has 0 aliphatic rings. The van der Waals surface area contributed by atoms with Crippen LogP contribution in [0.4, 0.5) is 0 Å². The molecule has 0 saturated heterocycles. The summed E-state index contributed by atoms with van der Waals surface area (Å²) in [5, 5.41) is 2.76. The van der Waals surface area contributed by atoms with Crippen LogP contribution in [-0.2, 0) is 6.42 Å². The number of rotatable bonds is 6. The Morgan fingerprint density at radius 1 is 1.04 bits per heavy atom. The van der Waals surface area contributed by atoms with Gasteiger partial charge in [0, 0.05) is 18.7 Å². The molecule has 1 amide bonds. The normalized spacial score (nSPS) is 10.5. The molecular weight excluding hydrogens is 304 g/mol. The predicted molar refractivity (Wildman–Crippen MR) is 91.9 cm³/mol. The lowest BCUT2D eigenvalue weighted by molar-refractivity contribution is 0.0951. The van der Waals surface area contributed by atoms with Gasteiger partial charge in [0.25, 0.3) is 11.5 Å². The van der Waals surface area contributed by atoms with E-state index in [4.69, 9.17) is 4.42 Å². The van der Waals surface area contributed by atoms with Gasteiger partial charge in [0.1, 0.15) is 11.3 Å². The molecule has 0 bridgehead atoms. The van der Waals surface area contributed by atoms with Gasteiger partial charge in [-0.3, -0.25) is 9.59 Å². The molecule has 2 aromatic heterocycles. The lowest BCUT2D eigenvalue weighted by atomic mass is 10.1. The Balaban J connectivity index is 1.60. The number of carbonyl (C=O) groups is 1. The minimum atomic E-state index is -0.389. The summed E-state index contributed by atoms with van der Waals surface area (Å²) in [5.41, 5.74) is 1.32. The Morgan fingerprint density at radius 2 is 1.88 bits per heavy atom. The van der Waals surface area contributed by atoms with E-state index in [2.05, 4.69) is 10.3 Å². The van der Waals surface area contributed by atoms with Crippen LogP contribution in [0.1, 0.15) is 22.5 Å². The molecule has 5 heteroatoms. The number of benzene rings is 1. The zero-order valence-electron chi connectivity index (χ0n) is 13.1. The molecule has 5 nitrogen and oxygen atoms in total. The van der Waals surface area contributed by atoms with Crippen molar-refractivity contribution in [2.45, 2.75) is 12.8 Å². The molecule has 0 saturated carbocycles. The topological polar surface area (TPSA) is 75.1 Å². The summed E-state index contributed by atoms with van der Waals surface area (Å²) in [6.07, 6.45) is 3.12. The fraction of sp³-hybridized carbons (Fsp3) is 0.158. The number of carbonyl (C=O) groups excluding carboxylic acids is 1. The lowest BCUT2D eigenvalue weighted by Gasteiger charge is -2.06. The molecule has 0 aliphatic heterocycles. The van der Waals surface area contributed by atoms with E-state index in [9.17, 15) is 9.59 Å². The van der Waals surface area contributed by atoms with Gasteiger partial charge < -0.3 is 14.7 Å². The van der Waals surface area contributed by atoms with Gasteiger partial charge in [-0.05, 0) is 36.2 Å². The predicted octanol–water partition coefficient (Wildman–Crippen LogP) is 3.00. The van der Waals surface area contributed by atoms with Gasteiger partial charge in [0.05, 0.1) is 6.26 Å². The van der Waals surface area contributed by atoms with Crippen LogP contribution in [0.25, 0.3) is 11.3 Å². The number of aromatic amines is 1. The van der Waals surface area contributed by atoms with E-state index >= 15 is 0 Å². The highest BCUT2D eigenvalue weighted by Crippen LogP contribution is 2.14. The van der Waals surface area contributed by atoms with Crippen molar-refractivity contribution in [3.63, 3.8) is 0 Å². The molecule has 0 aliphatic carbocycles. The average molecular weight is 322 g/mol. The second kappa shape index (κ2) is 7.46. The van der Waals surface area contributed by atoms with Crippen molar-refractivity contribution < 1.29 is 9.21 Å². The summed E-state index contributed by atoms with van der Waals surface area (Å²) in [7, 11) is 0. The molecule has 122 valence electrons. The third-order valence-electron chi connectivity index (χ3n) is 3.70. The van der Waals surface area contributed by atoms with Gasteiger partial charge in [-0.25, -0.2) is 0 Å². The van der Waals surface area contributed by atoms with Crippen LogP contribution in [0, 0.1) is 0 Å². The molecule has 0 spiro atoms.